The van der Waals surface area contributed by atoms with Gasteiger partial charge in [-0.15, -0.1) is 6.58 Å². The van der Waals surface area contributed by atoms with Gasteiger partial charge in [-0.3, -0.25) is 4.79 Å². The number of imidazole rings is 1. The highest BCUT2D eigenvalue weighted by Gasteiger charge is 2.28. The van der Waals surface area contributed by atoms with Gasteiger partial charge in [0.05, 0.1) is 24.8 Å². The maximum atomic E-state index is 11.8. The number of fused-ring (bicyclic) bond motifs is 1. The molecule has 1 aliphatic rings. The van der Waals surface area contributed by atoms with Crippen LogP contribution in [0.15, 0.2) is 55.1 Å². The van der Waals surface area contributed by atoms with E-state index in [0.717, 1.165) is 99.3 Å². The molecule has 0 bridgehead atoms. The molecule has 6 heteroatoms. The molecule has 1 saturated carbocycles. The second-order valence-electron chi connectivity index (χ2n) is 9.58. The summed E-state index contributed by atoms with van der Waals surface area (Å²) in [7, 11) is 1.68. The Morgan fingerprint density at radius 3 is 2.78 bits per heavy atom. The van der Waals surface area contributed by atoms with Crippen molar-refractivity contribution in [3.8, 4) is 11.5 Å². The first-order valence-corrected chi connectivity index (χ1v) is 13.3. The first-order chi connectivity index (χ1) is 17.7. The van der Waals surface area contributed by atoms with Crippen LogP contribution in [0, 0.1) is 5.92 Å². The van der Waals surface area contributed by atoms with Crippen molar-refractivity contribution < 1.29 is 14.3 Å². The summed E-state index contributed by atoms with van der Waals surface area (Å²) in [6.07, 6.45) is 10.9. The Bertz CT molecular complexity index is 1150. The van der Waals surface area contributed by atoms with E-state index in [0.29, 0.717) is 12.5 Å². The summed E-state index contributed by atoms with van der Waals surface area (Å²) in [6.45, 7) is 6.15. The number of allylic oxidation sites excluding steroid dienone is 1. The van der Waals surface area contributed by atoms with Crippen molar-refractivity contribution in [2.24, 2.45) is 5.92 Å². The standard InChI is InChI=1S/C30H39N3O3/c1-3-11-23-15-18-27(28(22-23)35-2)36-21-10-9-20-33-26-13-7-6-12-25(26)32-29(33)14-5-4-8-19-31-30(34)24-16-17-24/h3,6-7,12-13,15,18,22,24H,1,4-5,8-11,14,16-17,19-21H2,2H3,(H,31,34). The lowest BCUT2D eigenvalue weighted by atomic mass is 10.1. The number of ether oxygens (including phenoxy) is 2. The minimum atomic E-state index is 0.240. The number of methoxy groups -OCH3 is 1. The normalized spacial score (nSPS) is 13.0. The van der Waals surface area contributed by atoms with Crippen molar-refractivity contribution >= 4 is 16.9 Å². The van der Waals surface area contributed by atoms with Crippen LogP contribution in [0.25, 0.3) is 11.0 Å². The van der Waals surface area contributed by atoms with Crippen LogP contribution >= 0.6 is 0 Å². The summed E-state index contributed by atoms with van der Waals surface area (Å²) in [5.41, 5.74) is 3.42. The predicted molar refractivity (Wildman–Crippen MR) is 145 cm³/mol. The second-order valence-corrected chi connectivity index (χ2v) is 9.58. The van der Waals surface area contributed by atoms with E-state index in [9.17, 15) is 4.79 Å². The number of amides is 1. The summed E-state index contributed by atoms with van der Waals surface area (Å²) in [4.78, 5) is 16.7. The first kappa shape index (κ1) is 25.8. The van der Waals surface area contributed by atoms with Crippen molar-refractivity contribution in [1.29, 1.82) is 0 Å². The average molecular weight is 490 g/mol. The molecule has 0 unspecified atom stereocenters. The highest BCUT2D eigenvalue weighted by molar-refractivity contribution is 5.80. The molecular formula is C30H39N3O3. The molecule has 36 heavy (non-hydrogen) atoms. The van der Waals surface area contributed by atoms with Crippen LogP contribution < -0.4 is 14.8 Å². The van der Waals surface area contributed by atoms with Gasteiger partial charge in [-0.25, -0.2) is 4.98 Å². The van der Waals surface area contributed by atoms with E-state index in [1.807, 2.05) is 24.3 Å². The van der Waals surface area contributed by atoms with Crippen LogP contribution in [0.5, 0.6) is 11.5 Å². The quantitative estimate of drug-likeness (QED) is 0.202. The Morgan fingerprint density at radius 1 is 1.11 bits per heavy atom. The van der Waals surface area contributed by atoms with Crippen LogP contribution in [0.1, 0.15) is 56.3 Å². The number of benzene rings is 2. The van der Waals surface area contributed by atoms with E-state index < -0.39 is 0 Å². The molecular weight excluding hydrogens is 450 g/mol. The van der Waals surface area contributed by atoms with Crippen molar-refractivity contribution in [2.45, 2.75) is 64.3 Å². The molecule has 1 amide bonds. The minimum Gasteiger partial charge on any atom is -0.493 e. The molecule has 0 aliphatic heterocycles. The molecule has 0 saturated heterocycles. The molecule has 192 valence electrons. The van der Waals surface area contributed by atoms with E-state index >= 15 is 0 Å². The Labute approximate surface area is 214 Å². The van der Waals surface area contributed by atoms with Crippen LogP contribution in [0.2, 0.25) is 0 Å². The highest BCUT2D eigenvalue weighted by atomic mass is 16.5. The zero-order chi connectivity index (χ0) is 25.2. The topological polar surface area (TPSA) is 65.4 Å². The maximum Gasteiger partial charge on any atom is 0.223 e. The highest BCUT2D eigenvalue weighted by Crippen LogP contribution is 2.29. The zero-order valence-electron chi connectivity index (χ0n) is 21.5. The maximum absolute atomic E-state index is 11.8. The summed E-state index contributed by atoms with van der Waals surface area (Å²) in [5.74, 6) is 3.24. The van der Waals surface area contributed by atoms with Gasteiger partial charge in [0.1, 0.15) is 5.82 Å². The third kappa shape index (κ3) is 7.12. The number of hydrogen-bond donors (Lipinski definition) is 1. The molecule has 0 radical (unpaired) electrons. The number of carbonyl (C=O) groups is 1. The van der Waals surface area contributed by atoms with Gasteiger partial charge in [0.25, 0.3) is 0 Å². The SMILES string of the molecule is C=CCc1ccc(OCCCCn2c(CCCCCNC(=O)C3CC3)nc3ccccc32)c(OC)c1. The lowest BCUT2D eigenvalue weighted by Gasteiger charge is -2.13. The Morgan fingerprint density at radius 2 is 1.97 bits per heavy atom. The largest absolute Gasteiger partial charge is 0.493 e. The number of rotatable bonds is 16. The van der Waals surface area contributed by atoms with Crippen LogP contribution in [-0.4, -0.2) is 35.7 Å². The molecule has 1 N–H and O–H groups in total. The lowest BCUT2D eigenvalue weighted by Crippen LogP contribution is -2.25. The van der Waals surface area contributed by atoms with Crippen LogP contribution in [-0.2, 0) is 24.2 Å². The fraction of sp³-hybridized carbons (Fsp3) is 0.467. The van der Waals surface area contributed by atoms with Gasteiger partial charge < -0.3 is 19.4 Å². The van der Waals surface area contributed by atoms with E-state index in [2.05, 4.69) is 40.7 Å². The van der Waals surface area contributed by atoms with Crippen molar-refractivity contribution in [2.75, 3.05) is 20.3 Å². The van der Waals surface area contributed by atoms with Crippen LogP contribution in [0.3, 0.4) is 0 Å². The molecule has 0 spiro atoms. The fourth-order valence-electron chi connectivity index (χ4n) is 4.53. The van der Waals surface area contributed by atoms with E-state index in [4.69, 9.17) is 14.5 Å². The molecule has 2 aromatic carbocycles. The number of hydrogen-bond acceptors (Lipinski definition) is 4. The number of aryl methyl sites for hydroxylation is 2. The summed E-state index contributed by atoms with van der Waals surface area (Å²) >= 11 is 0. The van der Waals surface area contributed by atoms with Gasteiger partial charge in [0.2, 0.25) is 5.91 Å². The zero-order valence-corrected chi connectivity index (χ0v) is 21.5. The van der Waals surface area contributed by atoms with E-state index in [1.54, 1.807) is 7.11 Å². The minimum absolute atomic E-state index is 0.240. The van der Waals surface area contributed by atoms with Crippen molar-refractivity contribution in [3.63, 3.8) is 0 Å². The third-order valence-electron chi connectivity index (χ3n) is 6.70. The monoisotopic (exact) mass is 489 g/mol. The Balaban J connectivity index is 1.24. The van der Waals surface area contributed by atoms with Gasteiger partial charge in [-0.2, -0.15) is 0 Å². The summed E-state index contributed by atoms with van der Waals surface area (Å²) in [5, 5.41) is 3.06. The predicted octanol–water partition coefficient (Wildman–Crippen LogP) is 5.87. The number of nitrogens with one attached hydrogen (secondary N) is 1. The average Bonchev–Trinajstić information content (AvgIpc) is 3.69. The fourth-order valence-corrected chi connectivity index (χ4v) is 4.53. The molecule has 6 nitrogen and oxygen atoms in total. The third-order valence-corrected chi connectivity index (χ3v) is 6.70. The van der Waals surface area contributed by atoms with Crippen LogP contribution in [0.4, 0.5) is 0 Å². The van der Waals surface area contributed by atoms with Gasteiger partial charge in [0.15, 0.2) is 11.5 Å². The molecule has 1 aliphatic carbocycles. The first-order valence-electron chi connectivity index (χ1n) is 13.3. The van der Waals surface area contributed by atoms with Gasteiger partial charge >= 0.3 is 0 Å². The van der Waals surface area contributed by atoms with E-state index in [1.165, 1.54) is 5.52 Å². The molecule has 1 fully saturated rings. The summed E-state index contributed by atoms with van der Waals surface area (Å²) < 4.78 is 13.9. The molecule has 4 rings (SSSR count). The molecule has 0 atom stereocenters. The number of nitrogens with zero attached hydrogens (tertiary/aromatic N) is 2. The smallest absolute Gasteiger partial charge is 0.223 e. The molecule has 1 aromatic heterocycles. The second kappa shape index (κ2) is 13.1. The Kier molecular flexibility index (Phi) is 9.42. The van der Waals surface area contributed by atoms with Gasteiger partial charge in [-0.05, 0) is 74.8 Å². The molecule has 1 heterocycles. The number of para-hydroxylation sites is 2. The number of unbranched alkanes of at least 4 members (excludes halogenated alkanes) is 3. The van der Waals surface area contributed by atoms with Gasteiger partial charge in [-0.1, -0.05) is 30.7 Å². The van der Waals surface area contributed by atoms with E-state index in [-0.39, 0.29) is 5.91 Å². The Hall–Kier alpha value is -3.28. The number of aromatic nitrogens is 2. The van der Waals surface area contributed by atoms with Crippen molar-refractivity contribution in [1.82, 2.24) is 14.9 Å². The number of carbonyl (C=O) groups excluding carboxylic acids is 1. The molecule has 3 aromatic rings. The lowest BCUT2D eigenvalue weighted by molar-refractivity contribution is -0.122. The van der Waals surface area contributed by atoms with Crippen molar-refractivity contribution in [3.05, 3.63) is 66.5 Å². The summed E-state index contributed by atoms with van der Waals surface area (Å²) in [6, 6.07) is 14.4. The van der Waals surface area contributed by atoms with Gasteiger partial charge in [0, 0.05) is 25.4 Å².